The number of benzene rings is 3. The number of carbonyl (C=O) groups is 2. The summed E-state index contributed by atoms with van der Waals surface area (Å²) >= 11 is 0. The van der Waals surface area contributed by atoms with Crippen molar-refractivity contribution < 1.29 is 22.7 Å². The first-order valence-electron chi connectivity index (χ1n) is 14.5. The van der Waals surface area contributed by atoms with Crippen molar-refractivity contribution in [2.75, 3.05) is 18.0 Å². The molecule has 42 heavy (non-hydrogen) atoms. The molecule has 0 heterocycles. The molecule has 9 heteroatoms. The van der Waals surface area contributed by atoms with E-state index in [1.165, 1.54) is 24.1 Å². The molecule has 2 amide bonds. The minimum absolute atomic E-state index is 0.0326. The highest BCUT2D eigenvalue weighted by Gasteiger charge is 2.33. The standard InChI is InChI=1S/C33H41N3O5S/c1-24-14-16-29(17-15-24)36(42(39,40)31-20-18-30(41-4)19-21-31)23-32(37)35(22-27-11-9-8-10-25(27)2)26(3)33(38)34-28-12-6-5-7-13-28/h8-11,14-21,26,28H,5-7,12-13,22-23H2,1-4H3,(H,34,38)/t26-/m1/s1. The predicted molar refractivity (Wildman–Crippen MR) is 165 cm³/mol. The van der Waals surface area contributed by atoms with E-state index < -0.39 is 28.5 Å². The van der Waals surface area contributed by atoms with Gasteiger partial charge in [0.15, 0.2) is 0 Å². The molecule has 0 unspecified atom stereocenters. The molecule has 1 fully saturated rings. The number of ether oxygens (including phenoxy) is 1. The summed E-state index contributed by atoms with van der Waals surface area (Å²) in [6, 6.07) is 20.0. The minimum Gasteiger partial charge on any atom is -0.497 e. The second-order valence-corrected chi connectivity index (χ2v) is 12.9. The maximum atomic E-state index is 14.1. The van der Waals surface area contributed by atoms with Crippen LogP contribution in [0.1, 0.15) is 55.7 Å². The largest absolute Gasteiger partial charge is 0.497 e. The molecule has 224 valence electrons. The van der Waals surface area contributed by atoms with Gasteiger partial charge in [-0.2, -0.15) is 0 Å². The summed E-state index contributed by atoms with van der Waals surface area (Å²) in [5.41, 5.74) is 3.19. The van der Waals surface area contributed by atoms with Crippen molar-refractivity contribution >= 4 is 27.5 Å². The number of amides is 2. The summed E-state index contributed by atoms with van der Waals surface area (Å²) in [5, 5.41) is 3.14. The van der Waals surface area contributed by atoms with E-state index in [0.29, 0.717) is 11.4 Å². The van der Waals surface area contributed by atoms with Gasteiger partial charge in [0, 0.05) is 12.6 Å². The molecule has 1 atom stereocenters. The van der Waals surface area contributed by atoms with Crippen LogP contribution < -0.4 is 14.4 Å². The third-order valence-electron chi connectivity index (χ3n) is 7.97. The SMILES string of the molecule is COc1ccc(S(=O)(=O)N(CC(=O)N(Cc2ccccc2C)[C@H](C)C(=O)NC2CCCCC2)c2ccc(C)cc2)cc1. The normalized spacial score (nSPS) is 14.6. The third-order valence-corrected chi connectivity index (χ3v) is 9.76. The average Bonchev–Trinajstić information content (AvgIpc) is 3.00. The Balaban J connectivity index is 1.68. The van der Waals surface area contributed by atoms with Crippen molar-refractivity contribution in [3.8, 4) is 5.75 Å². The van der Waals surface area contributed by atoms with Crippen molar-refractivity contribution in [3.05, 3.63) is 89.5 Å². The topological polar surface area (TPSA) is 96.0 Å². The summed E-state index contributed by atoms with van der Waals surface area (Å²) in [5.74, 6) is -0.180. The second kappa shape index (κ2) is 13.9. The Hall–Kier alpha value is -3.85. The number of hydrogen-bond acceptors (Lipinski definition) is 5. The number of aryl methyl sites for hydroxylation is 2. The van der Waals surface area contributed by atoms with Crippen LogP contribution in [0.25, 0.3) is 0 Å². The Labute approximate surface area is 249 Å². The molecule has 0 saturated heterocycles. The number of nitrogens with zero attached hydrogens (tertiary/aromatic N) is 2. The van der Waals surface area contributed by atoms with Gasteiger partial charge in [-0.3, -0.25) is 13.9 Å². The smallest absolute Gasteiger partial charge is 0.264 e. The molecule has 0 bridgehead atoms. The third kappa shape index (κ3) is 7.50. The lowest BCUT2D eigenvalue weighted by Crippen LogP contribution is -2.53. The molecular weight excluding hydrogens is 550 g/mol. The molecule has 3 aromatic rings. The van der Waals surface area contributed by atoms with E-state index in [0.717, 1.165) is 53.1 Å². The van der Waals surface area contributed by atoms with Crippen LogP contribution in [0.3, 0.4) is 0 Å². The minimum atomic E-state index is -4.14. The Morgan fingerprint density at radius 3 is 2.19 bits per heavy atom. The fourth-order valence-electron chi connectivity index (χ4n) is 5.24. The van der Waals surface area contributed by atoms with E-state index in [9.17, 15) is 18.0 Å². The van der Waals surface area contributed by atoms with Crippen molar-refractivity contribution in [2.45, 2.75) is 76.4 Å². The molecule has 0 spiro atoms. The fraction of sp³-hybridized carbons (Fsp3) is 0.394. The van der Waals surface area contributed by atoms with Crippen LogP contribution in [0.2, 0.25) is 0 Å². The summed E-state index contributed by atoms with van der Waals surface area (Å²) < 4.78 is 34.3. The first-order valence-corrected chi connectivity index (χ1v) is 15.9. The molecule has 0 aromatic heterocycles. The van der Waals surface area contributed by atoms with E-state index in [2.05, 4.69) is 5.32 Å². The van der Waals surface area contributed by atoms with Crippen molar-refractivity contribution in [2.24, 2.45) is 0 Å². The number of rotatable bonds is 11. The van der Waals surface area contributed by atoms with Gasteiger partial charge in [0.05, 0.1) is 17.7 Å². The van der Waals surface area contributed by atoms with Gasteiger partial charge in [-0.1, -0.05) is 61.2 Å². The van der Waals surface area contributed by atoms with Crippen molar-refractivity contribution in [1.82, 2.24) is 10.2 Å². The van der Waals surface area contributed by atoms with E-state index in [4.69, 9.17) is 4.74 Å². The maximum absolute atomic E-state index is 14.1. The second-order valence-electron chi connectivity index (χ2n) is 11.0. The molecule has 0 aliphatic heterocycles. The Morgan fingerprint density at radius 2 is 1.57 bits per heavy atom. The van der Waals surface area contributed by atoms with Gasteiger partial charge >= 0.3 is 0 Å². The number of methoxy groups -OCH3 is 1. The predicted octanol–water partition coefficient (Wildman–Crippen LogP) is 5.37. The lowest BCUT2D eigenvalue weighted by atomic mass is 9.95. The first-order chi connectivity index (χ1) is 20.1. The van der Waals surface area contributed by atoms with E-state index in [1.54, 1.807) is 31.2 Å². The van der Waals surface area contributed by atoms with Crippen molar-refractivity contribution in [1.29, 1.82) is 0 Å². The zero-order valence-electron chi connectivity index (χ0n) is 24.9. The summed E-state index contributed by atoms with van der Waals surface area (Å²) in [6.45, 7) is 5.28. The van der Waals surface area contributed by atoms with Crippen molar-refractivity contribution in [3.63, 3.8) is 0 Å². The van der Waals surface area contributed by atoms with Gasteiger partial charge in [-0.25, -0.2) is 8.42 Å². The van der Waals surface area contributed by atoms with Crippen LogP contribution in [0, 0.1) is 13.8 Å². The fourth-order valence-corrected chi connectivity index (χ4v) is 6.65. The number of carbonyl (C=O) groups excluding carboxylic acids is 2. The van der Waals surface area contributed by atoms with Crippen LogP contribution in [0.4, 0.5) is 5.69 Å². The van der Waals surface area contributed by atoms with E-state index in [-0.39, 0.29) is 23.4 Å². The Morgan fingerprint density at radius 1 is 0.929 bits per heavy atom. The maximum Gasteiger partial charge on any atom is 0.264 e. The van der Waals surface area contributed by atoms with Gasteiger partial charge in [-0.15, -0.1) is 0 Å². The molecule has 1 aliphatic carbocycles. The lowest BCUT2D eigenvalue weighted by molar-refractivity contribution is -0.139. The Bertz CT molecular complexity index is 1470. The lowest BCUT2D eigenvalue weighted by Gasteiger charge is -2.33. The Kier molecular flexibility index (Phi) is 10.3. The zero-order valence-corrected chi connectivity index (χ0v) is 25.7. The monoisotopic (exact) mass is 591 g/mol. The highest BCUT2D eigenvalue weighted by molar-refractivity contribution is 7.92. The number of sulfonamides is 1. The molecule has 1 aliphatic rings. The molecule has 0 radical (unpaired) electrons. The summed E-state index contributed by atoms with van der Waals surface area (Å²) in [6.07, 6.45) is 5.15. The van der Waals surface area contributed by atoms with Crippen LogP contribution in [0.5, 0.6) is 5.75 Å². The number of anilines is 1. The van der Waals surface area contributed by atoms with E-state index >= 15 is 0 Å². The van der Waals surface area contributed by atoms with Crippen LogP contribution >= 0.6 is 0 Å². The van der Waals surface area contributed by atoms with Gasteiger partial charge in [0.1, 0.15) is 18.3 Å². The molecule has 8 nitrogen and oxygen atoms in total. The summed E-state index contributed by atoms with van der Waals surface area (Å²) in [4.78, 5) is 29.1. The van der Waals surface area contributed by atoms with Gasteiger partial charge < -0.3 is 15.0 Å². The first kappa shape index (κ1) is 31.1. The van der Waals surface area contributed by atoms with Crippen LogP contribution in [-0.4, -0.2) is 50.9 Å². The van der Waals surface area contributed by atoms with Gasteiger partial charge in [0.25, 0.3) is 10.0 Å². The highest BCUT2D eigenvalue weighted by Crippen LogP contribution is 2.27. The zero-order chi connectivity index (χ0) is 30.3. The number of hydrogen-bond donors (Lipinski definition) is 1. The molecular formula is C33H41N3O5S. The molecule has 1 N–H and O–H groups in total. The quantitative estimate of drug-likeness (QED) is 0.323. The molecule has 4 rings (SSSR count). The average molecular weight is 592 g/mol. The highest BCUT2D eigenvalue weighted by atomic mass is 32.2. The molecule has 3 aromatic carbocycles. The van der Waals surface area contributed by atoms with Crippen LogP contribution in [0.15, 0.2) is 77.7 Å². The van der Waals surface area contributed by atoms with Gasteiger partial charge in [0.2, 0.25) is 11.8 Å². The van der Waals surface area contributed by atoms with Gasteiger partial charge in [-0.05, 0) is 81.1 Å². The number of nitrogens with one attached hydrogen (secondary N) is 1. The van der Waals surface area contributed by atoms with E-state index in [1.807, 2.05) is 50.2 Å². The van der Waals surface area contributed by atoms with Crippen LogP contribution in [-0.2, 0) is 26.2 Å². The summed E-state index contributed by atoms with van der Waals surface area (Å²) in [7, 11) is -2.63. The molecule has 1 saturated carbocycles.